The lowest BCUT2D eigenvalue weighted by atomic mass is 9.89. The number of nitrogens with one attached hydrogen (secondary N) is 3. The van der Waals surface area contributed by atoms with Gasteiger partial charge in [0, 0.05) is 31.9 Å². The first-order valence-corrected chi connectivity index (χ1v) is 11.1. The summed E-state index contributed by atoms with van der Waals surface area (Å²) in [5.74, 6) is 1.74. The Morgan fingerprint density at radius 1 is 1.15 bits per heavy atom. The van der Waals surface area contributed by atoms with Crippen LogP contribution in [-0.2, 0) is 16.1 Å². The van der Waals surface area contributed by atoms with Crippen LogP contribution in [0.1, 0.15) is 18.5 Å². The lowest BCUT2D eigenvalue weighted by Gasteiger charge is -2.36. The summed E-state index contributed by atoms with van der Waals surface area (Å²) in [6.07, 6.45) is 3.16. The molecular formula is C21H25N9O3. The minimum Gasteiger partial charge on any atom is -0.378 e. The van der Waals surface area contributed by atoms with E-state index in [0.717, 1.165) is 43.1 Å². The van der Waals surface area contributed by atoms with E-state index in [0.29, 0.717) is 42.8 Å². The Kier molecular flexibility index (Phi) is 4.95. The first kappa shape index (κ1) is 20.1. The maximum atomic E-state index is 13.0. The van der Waals surface area contributed by atoms with Crippen molar-refractivity contribution in [2.24, 2.45) is 0 Å². The Bertz CT molecular complexity index is 1210. The van der Waals surface area contributed by atoms with Crippen LogP contribution in [0.4, 0.5) is 28.1 Å². The number of ether oxygens (including phenoxy) is 2. The largest absolute Gasteiger partial charge is 0.378 e. The van der Waals surface area contributed by atoms with E-state index in [9.17, 15) is 4.79 Å². The molecule has 0 radical (unpaired) electrons. The van der Waals surface area contributed by atoms with Crippen molar-refractivity contribution in [2.75, 3.05) is 48.9 Å². The molecule has 4 bridgehead atoms. The average molecular weight is 451 g/mol. The number of carbonyl (C=O) groups is 1. The smallest absolute Gasteiger partial charge is 0.328 e. The maximum absolute atomic E-state index is 13.0. The predicted molar refractivity (Wildman–Crippen MR) is 121 cm³/mol. The van der Waals surface area contributed by atoms with E-state index < -0.39 is 0 Å². The average Bonchev–Trinajstić information content (AvgIpc) is 3.25. The van der Waals surface area contributed by atoms with E-state index in [1.54, 1.807) is 7.05 Å². The summed E-state index contributed by atoms with van der Waals surface area (Å²) in [4.78, 5) is 33.5. The lowest BCUT2D eigenvalue weighted by Crippen LogP contribution is -2.52. The zero-order valence-corrected chi connectivity index (χ0v) is 18.2. The molecule has 0 aromatic carbocycles. The zero-order valence-electron chi connectivity index (χ0n) is 18.2. The van der Waals surface area contributed by atoms with Gasteiger partial charge in [0.25, 0.3) is 0 Å². The van der Waals surface area contributed by atoms with Crippen LogP contribution in [0.2, 0.25) is 0 Å². The van der Waals surface area contributed by atoms with Gasteiger partial charge >= 0.3 is 6.03 Å². The Balaban J connectivity index is 1.45. The molecule has 12 nitrogen and oxygen atoms in total. The molecule has 33 heavy (non-hydrogen) atoms. The molecule has 12 heteroatoms. The van der Waals surface area contributed by atoms with Crippen molar-refractivity contribution >= 4 is 40.5 Å². The number of fused-ring (bicyclic) bond motifs is 4. The molecule has 6 rings (SSSR count). The number of nitrogens with zero attached hydrogens (tertiary/aromatic N) is 6. The third-order valence-electron chi connectivity index (χ3n) is 6.27. The van der Waals surface area contributed by atoms with Crippen molar-refractivity contribution in [1.82, 2.24) is 29.8 Å². The summed E-state index contributed by atoms with van der Waals surface area (Å²) in [6.45, 7) is 3.24. The topological polar surface area (TPSA) is 131 Å². The first-order chi connectivity index (χ1) is 16.2. The molecule has 1 aliphatic carbocycles. The molecule has 3 N–H and O–H groups in total. The molecule has 2 atom stereocenters. The van der Waals surface area contributed by atoms with Gasteiger partial charge in [-0.05, 0) is 18.9 Å². The van der Waals surface area contributed by atoms with Crippen LogP contribution in [0.25, 0.3) is 11.2 Å². The summed E-state index contributed by atoms with van der Waals surface area (Å²) < 4.78 is 13.1. The van der Waals surface area contributed by atoms with Gasteiger partial charge in [0.05, 0.1) is 37.7 Å². The minimum atomic E-state index is -0.286. The Labute approximate surface area is 189 Å². The van der Waals surface area contributed by atoms with Gasteiger partial charge < -0.3 is 30.3 Å². The standard InChI is InChI=1S/C21H25N9O3/c1-22-18-17-19-28-20(27-18)25-12-8-13(24-16(9-12)29-4-6-32-7-5-29)10-33-15-3-2-14(15)26-21(31)30(19)11-23-17/h8-9,11,14-15H,2-7,10H2,1H3,(H,26,31)(H2,22,25,27,28)/t14?,15-/m1/s1. The first-order valence-electron chi connectivity index (χ1n) is 11.1. The highest BCUT2D eigenvalue weighted by Crippen LogP contribution is 2.29. The van der Waals surface area contributed by atoms with Gasteiger partial charge in [0.2, 0.25) is 5.95 Å². The zero-order chi connectivity index (χ0) is 22.4. The number of hydrogen-bond donors (Lipinski definition) is 3. The van der Waals surface area contributed by atoms with Crippen LogP contribution in [0.5, 0.6) is 0 Å². The number of aromatic nitrogens is 5. The number of rotatable bonds is 2. The highest BCUT2D eigenvalue weighted by molar-refractivity contribution is 5.92. The summed E-state index contributed by atoms with van der Waals surface area (Å²) in [5, 5.41) is 9.39. The van der Waals surface area contributed by atoms with Gasteiger partial charge in [-0.1, -0.05) is 0 Å². The lowest BCUT2D eigenvalue weighted by molar-refractivity contribution is -0.0335. The van der Waals surface area contributed by atoms with E-state index >= 15 is 0 Å². The third-order valence-corrected chi connectivity index (χ3v) is 6.27. The van der Waals surface area contributed by atoms with E-state index in [1.165, 1.54) is 10.9 Å². The van der Waals surface area contributed by atoms with Crippen molar-refractivity contribution in [3.05, 3.63) is 24.2 Å². The summed E-state index contributed by atoms with van der Waals surface area (Å²) >= 11 is 0. The Morgan fingerprint density at radius 2 is 2.03 bits per heavy atom. The second-order valence-corrected chi connectivity index (χ2v) is 8.35. The molecule has 2 aliphatic heterocycles. The van der Waals surface area contributed by atoms with Crippen molar-refractivity contribution in [3.8, 4) is 0 Å². The normalized spacial score (nSPS) is 22.7. The molecule has 172 valence electrons. The van der Waals surface area contributed by atoms with Gasteiger partial charge in [0.1, 0.15) is 12.1 Å². The van der Waals surface area contributed by atoms with Gasteiger partial charge in [-0.3, -0.25) is 0 Å². The van der Waals surface area contributed by atoms with E-state index in [1.807, 2.05) is 12.1 Å². The molecule has 0 spiro atoms. The fourth-order valence-electron chi connectivity index (χ4n) is 4.34. The molecule has 5 heterocycles. The summed E-state index contributed by atoms with van der Waals surface area (Å²) in [7, 11) is 1.76. The van der Waals surface area contributed by atoms with Crippen LogP contribution < -0.4 is 20.9 Å². The number of pyridine rings is 1. The Hall–Kier alpha value is -3.51. The van der Waals surface area contributed by atoms with Crippen molar-refractivity contribution in [1.29, 1.82) is 0 Å². The third kappa shape index (κ3) is 3.70. The molecule has 3 aromatic rings. The molecule has 1 unspecified atom stereocenters. The Morgan fingerprint density at radius 3 is 2.82 bits per heavy atom. The number of carbonyl (C=O) groups excluding carboxylic acids is 1. The van der Waals surface area contributed by atoms with Gasteiger partial charge in [0.15, 0.2) is 17.0 Å². The summed E-state index contributed by atoms with van der Waals surface area (Å²) in [5.41, 5.74) is 2.54. The second-order valence-electron chi connectivity index (χ2n) is 8.35. The predicted octanol–water partition coefficient (Wildman–Crippen LogP) is 1.46. The molecule has 1 amide bonds. The van der Waals surface area contributed by atoms with Gasteiger partial charge in [-0.2, -0.15) is 9.97 Å². The molecular weight excluding hydrogens is 426 g/mol. The fourth-order valence-corrected chi connectivity index (χ4v) is 4.34. The van der Waals surface area contributed by atoms with Crippen LogP contribution in [0, 0.1) is 0 Å². The number of anilines is 4. The fraction of sp³-hybridized carbons (Fsp3) is 0.476. The quantitative estimate of drug-likeness (QED) is 0.526. The van der Waals surface area contributed by atoms with Crippen LogP contribution in [-0.4, -0.2) is 76.0 Å². The van der Waals surface area contributed by atoms with Crippen molar-refractivity contribution in [2.45, 2.75) is 31.6 Å². The number of hydrogen-bond acceptors (Lipinski definition) is 10. The second kappa shape index (κ2) is 8.12. The van der Waals surface area contributed by atoms with Crippen molar-refractivity contribution < 1.29 is 14.3 Å². The van der Waals surface area contributed by atoms with E-state index in [2.05, 4.69) is 35.8 Å². The number of morpholine rings is 1. The molecule has 1 saturated heterocycles. The van der Waals surface area contributed by atoms with E-state index in [4.69, 9.17) is 14.5 Å². The summed E-state index contributed by atoms with van der Waals surface area (Å²) in [6, 6.07) is 3.57. The van der Waals surface area contributed by atoms with E-state index in [-0.39, 0.29) is 18.2 Å². The monoisotopic (exact) mass is 451 g/mol. The van der Waals surface area contributed by atoms with Crippen LogP contribution in [0.15, 0.2) is 18.5 Å². The molecule has 3 aromatic heterocycles. The van der Waals surface area contributed by atoms with Gasteiger partial charge in [-0.25, -0.2) is 19.3 Å². The molecule has 2 fully saturated rings. The van der Waals surface area contributed by atoms with Crippen LogP contribution >= 0.6 is 0 Å². The SMILES string of the molecule is CNc1nc2nc3c1ncn3C(=O)NC1CC[C@H]1OCc1cc(cc(N3CCOCC3)n1)N2. The maximum Gasteiger partial charge on any atom is 0.328 e. The highest BCUT2D eigenvalue weighted by Gasteiger charge is 2.34. The van der Waals surface area contributed by atoms with Crippen molar-refractivity contribution in [3.63, 3.8) is 0 Å². The number of amides is 1. The van der Waals surface area contributed by atoms with Crippen LogP contribution in [0.3, 0.4) is 0 Å². The number of imidazole rings is 1. The molecule has 1 saturated carbocycles. The van der Waals surface area contributed by atoms with Gasteiger partial charge in [-0.15, -0.1) is 0 Å². The minimum absolute atomic E-state index is 0.0602. The highest BCUT2D eigenvalue weighted by atomic mass is 16.5. The molecule has 3 aliphatic rings.